The number of carbonyl (C=O) groups is 1. The van der Waals surface area contributed by atoms with E-state index in [2.05, 4.69) is 20.9 Å². The summed E-state index contributed by atoms with van der Waals surface area (Å²) in [7, 11) is 1.33. The maximum Gasteiger partial charge on any atom is 0.340 e. The molecular formula is C11H7BrClNO2. The summed E-state index contributed by atoms with van der Waals surface area (Å²) < 4.78 is 5.46. The van der Waals surface area contributed by atoms with Crippen molar-refractivity contribution in [1.29, 1.82) is 0 Å². The Kier molecular flexibility index (Phi) is 3.12. The molecule has 16 heavy (non-hydrogen) atoms. The van der Waals surface area contributed by atoms with Gasteiger partial charge in [-0.3, -0.25) is 4.98 Å². The molecule has 0 fully saturated rings. The molecule has 2 aromatic rings. The van der Waals surface area contributed by atoms with Crippen LogP contribution in [0.15, 0.2) is 28.9 Å². The molecule has 0 aliphatic carbocycles. The van der Waals surface area contributed by atoms with Gasteiger partial charge in [0.1, 0.15) is 0 Å². The lowest BCUT2D eigenvalue weighted by molar-refractivity contribution is 0.0602. The average molecular weight is 301 g/mol. The summed E-state index contributed by atoms with van der Waals surface area (Å²) in [5.74, 6) is -0.430. The number of fused-ring (bicyclic) bond motifs is 1. The Labute approximate surface area is 106 Å². The molecular weight excluding hydrogens is 293 g/mol. The highest BCUT2D eigenvalue weighted by atomic mass is 79.9. The Balaban J connectivity index is 2.83. The zero-order chi connectivity index (χ0) is 11.7. The number of benzene rings is 1. The zero-order valence-corrected chi connectivity index (χ0v) is 10.7. The van der Waals surface area contributed by atoms with Crippen molar-refractivity contribution in [2.75, 3.05) is 7.11 Å². The van der Waals surface area contributed by atoms with Crippen molar-refractivity contribution in [2.45, 2.75) is 0 Å². The lowest BCUT2D eigenvalue weighted by atomic mass is 10.1. The molecule has 0 saturated heterocycles. The van der Waals surface area contributed by atoms with Crippen LogP contribution in [0.3, 0.4) is 0 Å². The fraction of sp³-hybridized carbons (Fsp3) is 0.0909. The highest BCUT2D eigenvalue weighted by Gasteiger charge is 2.14. The first kappa shape index (κ1) is 11.4. The van der Waals surface area contributed by atoms with Crippen LogP contribution in [0, 0.1) is 0 Å². The van der Waals surface area contributed by atoms with Crippen LogP contribution in [0.2, 0.25) is 5.02 Å². The summed E-state index contributed by atoms with van der Waals surface area (Å²) in [5.41, 5.74) is 0.942. The van der Waals surface area contributed by atoms with E-state index in [-0.39, 0.29) is 0 Å². The average Bonchev–Trinajstić information content (AvgIpc) is 2.28. The van der Waals surface area contributed by atoms with Crippen molar-refractivity contribution in [1.82, 2.24) is 4.98 Å². The van der Waals surface area contributed by atoms with Crippen LogP contribution >= 0.6 is 27.5 Å². The van der Waals surface area contributed by atoms with Crippen molar-refractivity contribution < 1.29 is 9.53 Å². The second kappa shape index (κ2) is 4.39. The zero-order valence-electron chi connectivity index (χ0n) is 8.33. The van der Waals surface area contributed by atoms with Crippen LogP contribution < -0.4 is 0 Å². The molecule has 0 bridgehead atoms. The molecule has 1 aromatic carbocycles. The molecule has 82 valence electrons. The van der Waals surface area contributed by atoms with Gasteiger partial charge in [-0.15, -0.1) is 0 Å². The van der Waals surface area contributed by atoms with Crippen LogP contribution in [0.1, 0.15) is 10.4 Å². The first-order valence-corrected chi connectivity index (χ1v) is 5.62. The number of carbonyl (C=O) groups excluding carboxylic acids is 1. The topological polar surface area (TPSA) is 39.2 Å². The van der Waals surface area contributed by atoms with Gasteiger partial charge in [0, 0.05) is 16.1 Å². The third-order valence-electron chi connectivity index (χ3n) is 2.16. The second-order valence-electron chi connectivity index (χ2n) is 3.13. The molecule has 1 aromatic heterocycles. The molecule has 0 N–H and O–H groups in total. The third kappa shape index (κ3) is 1.90. The van der Waals surface area contributed by atoms with Crippen molar-refractivity contribution in [3.05, 3.63) is 39.5 Å². The van der Waals surface area contributed by atoms with E-state index in [0.717, 1.165) is 9.86 Å². The van der Waals surface area contributed by atoms with Gasteiger partial charge in [0.15, 0.2) is 0 Å². The smallest absolute Gasteiger partial charge is 0.340 e. The molecule has 0 atom stereocenters. The van der Waals surface area contributed by atoms with Crippen LogP contribution in [0.25, 0.3) is 10.9 Å². The van der Waals surface area contributed by atoms with Gasteiger partial charge in [0.2, 0.25) is 0 Å². The third-order valence-corrected chi connectivity index (χ3v) is 2.95. The predicted molar refractivity (Wildman–Crippen MR) is 65.8 cm³/mol. The largest absolute Gasteiger partial charge is 0.465 e. The van der Waals surface area contributed by atoms with E-state index in [1.54, 1.807) is 18.3 Å². The van der Waals surface area contributed by atoms with E-state index in [1.165, 1.54) is 7.11 Å². The summed E-state index contributed by atoms with van der Waals surface area (Å²) >= 11 is 9.36. The fourth-order valence-corrected chi connectivity index (χ4v) is 2.11. The maximum atomic E-state index is 11.6. The number of esters is 1. The summed E-state index contributed by atoms with van der Waals surface area (Å²) in [5, 5.41) is 1.27. The van der Waals surface area contributed by atoms with Crippen LogP contribution in [-0.2, 0) is 4.74 Å². The summed E-state index contributed by atoms with van der Waals surface area (Å²) in [6.07, 6.45) is 1.56. The number of halogens is 2. The maximum absolute atomic E-state index is 11.6. The number of pyridine rings is 1. The van der Waals surface area contributed by atoms with E-state index in [0.29, 0.717) is 16.1 Å². The van der Waals surface area contributed by atoms with Crippen molar-refractivity contribution in [2.24, 2.45) is 0 Å². The normalized spacial score (nSPS) is 10.4. The van der Waals surface area contributed by atoms with E-state index >= 15 is 0 Å². The Hall–Kier alpha value is -1.13. The van der Waals surface area contributed by atoms with Gasteiger partial charge in [-0.05, 0) is 18.2 Å². The summed E-state index contributed by atoms with van der Waals surface area (Å²) in [6, 6.07) is 5.16. The Morgan fingerprint density at radius 2 is 2.25 bits per heavy atom. The second-order valence-corrected chi connectivity index (χ2v) is 4.46. The highest BCUT2D eigenvalue weighted by molar-refractivity contribution is 9.10. The lowest BCUT2D eigenvalue weighted by Crippen LogP contribution is -2.03. The van der Waals surface area contributed by atoms with Gasteiger partial charge in [-0.1, -0.05) is 27.5 Å². The number of aromatic nitrogens is 1. The Morgan fingerprint density at radius 3 is 2.94 bits per heavy atom. The highest BCUT2D eigenvalue weighted by Crippen LogP contribution is 2.28. The first-order chi connectivity index (χ1) is 7.63. The standard InChI is InChI=1S/C11H7BrClNO2/c1-16-11(15)8-5-6(12)4-7-9(13)2-3-14-10(7)8/h2-5H,1H3. The number of nitrogens with zero attached hydrogens (tertiary/aromatic N) is 1. The number of ether oxygens (including phenoxy) is 1. The molecule has 3 nitrogen and oxygen atoms in total. The SMILES string of the molecule is COC(=O)c1cc(Br)cc2c(Cl)ccnc12. The van der Waals surface area contributed by atoms with E-state index in [9.17, 15) is 4.79 Å². The molecule has 0 saturated carbocycles. The molecule has 0 amide bonds. The van der Waals surface area contributed by atoms with Crippen molar-refractivity contribution in [3.8, 4) is 0 Å². The molecule has 2 rings (SSSR count). The van der Waals surface area contributed by atoms with Gasteiger partial charge in [0.25, 0.3) is 0 Å². The summed E-state index contributed by atoms with van der Waals surface area (Å²) in [4.78, 5) is 15.7. The van der Waals surface area contributed by atoms with Gasteiger partial charge >= 0.3 is 5.97 Å². The van der Waals surface area contributed by atoms with Crippen LogP contribution in [-0.4, -0.2) is 18.1 Å². The minimum atomic E-state index is -0.430. The molecule has 0 spiro atoms. The molecule has 0 unspecified atom stereocenters. The molecule has 5 heteroatoms. The number of hydrogen-bond acceptors (Lipinski definition) is 3. The molecule has 0 radical (unpaired) electrons. The van der Waals surface area contributed by atoms with Gasteiger partial charge < -0.3 is 4.74 Å². The number of rotatable bonds is 1. The molecule has 0 aliphatic rings. The quantitative estimate of drug-likeness (QED) is 0.757. The summed E-state index contributed by atoms with van der Waals surface area (Å²) in [6.45, 7) is 0. The molecule has 1 heterocycles. The van der Waals surface area contributed by atoms with E-state index in [4.69, 9.17) is 16.3 Å². The minimum Gasteiger partial charge on any atom is -0.465 e. The lowest BCUT2D eigenvalue weighted by Gasteiger charge is -2.06. The van der Waals surface area contributed by atoms with E-state index in [1.807, 2.05) is 6.07 Å². The number of hydrogen-bond donors (Lipinski definition) is 0. The van der Waals surface area contributed by atoms with E-state index < -0.39 is 5.97 Å². The minimum absolute atomic E-state index is 0.398. The fourth-order valence-electron chi connectivity index (χ4n) is 1.45. The van der Waals surface area contributed by atoms with Gasteiger partial charge in [-0.25, -0.2) is 4.79 Å². The van der Waals surface area contributed by atoms with Crippen LogP contribution in [0.4, 0.5) is 0 Å². The molecule has 0 aliphatic heterocycles. The van der Waals surface area contributed by atoms with Crippen LogP contribution in [0.5, 0.6) is 0 Å². The predicted octanol–water partition coefficient (Wildman–Crippen LogP) is 3.44. The van der Waals surface area contributed by atoms with Gasteiger partial charge in [-0.2, -0.15) is 0 Å². The monoisotopic (exact) mass is 299 g/mol. The van der Waals surface area contributed by atoms with Crippen molar-refractivity contribution in [3.63, 3.8) is 0 Å². The Bertz CT molecular complexity index is 571. The Morgan fingerprint density at radius 1 is 1.50 bits per heavy atom. The van der Waals surface area contributed by atoms with Gasteiger partial charge in [0.05, 0.1) is 23.2 Å². The first-order valence-electron chi connectivity index (χ1n) is 4.45. The number of methoxy groups -OCH3 is 1. The van der Waals surface area contributed by atoms with Crippen molar-refractivity contribution >= 4 is 44.4 Å².